The molecule has 0 spiro atoms. The van der Waals surface area contributed by atoms with E-state index in [9.17, 15) is 9.00 Å². The minimum atomic E-state index is -0.950. The first-order valence-electron chi connectivity index (χ1n) is 6.63. The van der Waals surface area contributed by atoms with Crippen LogP contribution in [-0.2, 0) is 21.3 Å². The standard InChI is InChI=1S/C14H22N2O3S/c1-3-7-15-14(17)16-13-6-4-5-12(10-13)11-20(18)9-8-19-2/h4-6,10H,3,7-9,11H2,1-2H3,(H2,15,16,17). The fourth-order valence-electron chi connectivity index (χ4n) is 1.59. The Bertz CT molecular complexity index is 415. The van der Waals surface area contributed by atoms with Crippen LogP contribution in [0.15, 0.2) is 24.3 Å². The molecule has 0 fully saturated rings. The van der Waals surface area contributed by atoms with Crippen molar-refractivity contribution in [2.24, 2.45) is 0 Å². The molecule has 2 N–H and O–H groups in total. The van der Waals surface area contributed by atoms with Gasteiger partial charge in [0.15, 0.2) is 0 Å². The Morgan fingerprint density at radius 2 is 2.20 bits per heavy atom. The van der Waals surface area contributed by atoms with Crippen LogP contribution in [-0.4, -0.2) is 36.3 Å². The lowest BCUT2D eigenvalue weighted by Crippen LogP contribution is -2.29. The van der Waals surface area contributed by atoms with Crippen molar-refractivity contribution in [1.29, 1.82) is 0 Å². The van der Waals surface area contributed by atoms with E-state index in [1.807, 2.05) is 31.2 Å². The number of methoxy groups -OCH3 is 1. The van der Waals surface area contributed by atoms with Gasteiger partial charge in [-0.2, -0.15) is 0 Å². The molecule has 2 amide bonds. The number of hydrogen-bond acceptors (Lipinski definition) is 3. The third-order valence-corrected chi connectivity index (χ3v) is 3.84. The Morgan fingerprint density at radius 1 is 1.40 bits per heavy atom. The van der Waals surface area contributed by atoms with Gasteiger partial charge in [-0.25, -0.2) is 4.79 Å². The summed E-state index contributed by atoms with van der Waals surface area (Å²) in [6.45, 7) is 3.13. The molecule has 6 heteroatoms. The van der Waals surface area contributed by atoms with Crippen LogP contribution in [0.3, 0.4) is 0 Å². The second kappa shape index (κ2) is 9.50. The normalized spacial score (nSPS) is 11.9. The summed E-state index contributed by atoms with van der Waals surface area (Å²) in [5.41, 5.74) is 1.65. The molecule has 0 aromatic heterocycles. The van der Waals surface area contributed by atoms with Crippen LogP contribution in [0.1, 0.15) is 18.9 Å². The molecule has 1 unspecified atom stereocenters. The molecule has 0 aliphatic rings. The van der Waals surface area contributed by atoms with Crippen LogP contribution in [0.4, 0.5) is 10.5 Å². The maximum Gasteiger partial charge on any atom is 0.319 e. The fourth-order valence-corrected chi connectivity index (χ4v) is 2.64. The van der Waals surface area contributed by atoms with Gasteiger partial charge in [0.25, 0.3) is 0 Å². The van der Waals surface area contributed by atoms with Gasteiger partial charge in [0.1, 0.15) is 0 Å². The van der Waals surface area contributed by atoms with Gasteiger partial charge in [-0.3, -0.25) is 4.21 Å². The summed E-state index contributed by atoms with van der Waals surface area (Å²) in [6, 6.07) is 7.19. The zero-order chi connectivity index (χ0) is 14.8. The Morgan fingerprint density at radius 3 is 2.90 bits per heavy atom. The maximum atomic E-state index is 11.8. The van der Waals surface area contributed by atoms with Crippen molar-refractivity contribution in [2.75, 3.05) is 31.3 Å². The number of amides is 2. The molecule has 0 heterocycles. The Labute approximate surface area is 122 Å². The molecule has 0 aliphatic carbocycles. The highest BCUT2D eigenvalue weighted by Crippen LogP contribution is 2.12. The average Bonchev–Trinajstić information content (AvgIpc) is 2.43. The van der Waals surface area contributed by atoms with E-state index in [0.29, 0.717) is 30.3 Å². The van der Waals surface area contributed by atoms with E-state index < -0.39 is 10.8 Å². The molecule has 0 radical (unpaired) electrons. The van der Waals surface area contributed by atoms with Gasteiger partial charge in [-0.15, -0.1) is 0 Å². The summed E-state index contributed by atoms with van der Waals surface area (Å²) in [5, 5.41) is 5.50. The number of carbonyl (C=O) groups excluding carboxylic acids is 1. The van der Waals surface area contributed by atoms with Gasteiger partial charge in [-0.1, -0.05) is 19.1 Å². The molecule has 112 valence electrons. The van der Waals surface area contributed by atoms with Gasteiger partial charge in [0.05, 0.1) is 6.61 Å². The molecular formula is C14H22N2O3S. The molecule has 0 bridgehead atoms. The predicted octanol–water partition coefficient (Wildman–Crippen LogP) is 2.11. The molecule has 1 atom stereocenters. The minimum Gasteiger partial charge on any atom is -0.384 e. The summed E-state index contributed by atoms with van der Waals surface area (Å²) in [6.07, 6.45) is 0.895. The van der Waals surface area contributed by atoms with Crippen molar-refractivity contribution in [2.45, 2.75) is 19.1 Å². The van der Waals surface area contributed by atoms with Crippen LogP contribution in [0.25, 0.3) is 0 Å². The lowest BCUT2D eigenvalue weighted by molar-refractivity contribution is 0.218. The van der Waals surface area contributed by atoms with Gasteiger partial charge < -0.3 is 15.4 Å². The smallest absolute Gasteiger partial charge is 0.319 e. The molecule has 0 saturated heterocycles. The van der Waals surface area contributed by atoms with Crippen molar-refractivity contribution < 1.29 is 13.7 Å². The van der Waals surface area contributed by atoms with Gasteiger partial charge in [0.2, 0.25) is 0 Å². The summed E-state index contributed by atoms with van der Waals surface area (Å²) in [5.74, 6) is 0.987. The Balaban J connectivity index is 2.52. The molecule has 1 aromatic rings. The first-order valence-corrected chi connectivity index (χ1v) is 8.12. The molecule has 1 rings (SSSR count). The maximum absolute atomic E-state index is 11.8. The number of ether oxygens (including phenoxy) is 1. The van der Waals surface area contributed by atoms with Crippen LogP contribution in [0.2, 0.25) is 0 Å². The van der Waals surface area contributed by atoms with Crippen LogP contribution in [0.5, 0.6) is 0 Å². The van der Waals surface area contributed by atoms with Crippen molar-refractivity contribution in [3.05, 3.63) is 29.8 Å². The van der Waals surface area contributed by atoms with Crippen LogP contribution >= 0.6 is 0 Å². The van der Waals surface area contributed by atoms with E-state index in [-0.39, 0.29) is 6.03 Å². The molecule has 1 aromatic carbocycles. The quantitative estimate of drug-likeness (QED) is 0.772. The van der Waals surface area contributed by atoms with Crippen molar-refractivity contribution in [1.82, 2.24) is 5.32 Å². The van der Waals surface area contributed by atoms with E-state index in [1.54, 1.807) is 7.11 Å². The SMILES string of the molecule is CCCNC(=O)Nc1cccc(CS(=O)CCOC)c1. The minimum absolute atomic E-state index is 0.218. The molecule has 5 nitrogen and oxygen atoms in total. The summed E-state index contributed by atoms with van der Waals surface area (Å²) >= 11 is 0. The largest absolute Gasteiger partial charge is 0.384 e. The average molecular weight is 298 g/mol. The molecule has 0 saturated carbocycles. The second-order valence-corrected chi connectivity index (χ2v) is 5.94. The number of rotatable bonds is 8. The number of urea groups is 1. The van der Waals surface area contributed by atoms with E-state index in [1.165, 1.54) is 0 Å². The fraction of sp³-hybridized carbons (Fsp3) is 0.500. The van der Waals surface area contributed by atoms with Gasteiger partial charge in [0, 0.05) is 41.6 Å². The number of hydrogen-bond donors (Lipinski definition) is 2. The van der Waals surface area contributed by atoms with Gasteiger partial charge >= 0.3 is 6.03 Å². The van der Waals surface area contributed by atoms with Crippen LogP contribution < -0.4 is 10.6 Å². The van der Waals surface area contributed by atoms with E-state index in [2.05, 4.69) is 10.6 Å². The third-order valence-electron chi connectivity index (χ3n) is 2.56. The highest BCUT2D eigenvalue weighted by Gasteiger charge is 2.04. The number of carbonyl (C=O) groups is 1. The van der Waals surface area contributed by atoms with Gasteiger partial charge in [-0.05, 0) is 24.1 Å². The molecule has 20 heavy (non-hydrogen) atoms. The number of anilines is 1. The van der Waals surface area contributed by atoms with Crippen molar-refractivity contribution in [3.63, 3.8) is 0 Å². The van der Waals surface area contributed by atoms with Crippen LogP contribution in [0, 0.1) is 0 Å². The molecule has 0 aliphatic heterocycles. The lowest BCUT2D eigenvalue weighted by atomic mass is 10.2. The lowest BCUT2D eigenvalue weighted by Gasteiger charge is -2.08. The van der Waals surface area contributed by atoms with E-state index >= 15 is 0 Å². The van der Waals surface area contributed by atoms with Crippen molar-refractivity contribution >= 4 is 22.5 Å². The summed E-state index contributed by atoms with van der Waals surface area (Å²) in [4.78, 5) is 11.5. The van der Waals surface area contributed by atoms with E-state index in [0.717, 1.165) is 12.0 Å². The number of nitrogens with one attached hydrogen (secondary N) is 2. The van der Waals surface area contributed by atoms with E-state index in [4.69, 9.17) is 4.74 Å². The Hall–Kier alpha value is -1.40. The second-order valence-electron chi connectivity index (χ2n) is 4.36. The zero-order valence-electron chi connectivity index (χ0n) is 12.0. The topological polar surface area (TPSA) is 67.4 Å². The summed E-state index contributed by atoms with van der Waals surface area (Å²) < 4.78 is 16.7. The predicted molar refractivity (Wildman–Crippen MR) is 82.3 cm³/mol. The monoisotopic (exact) mass is 298 g/mol. The highest BCUT2D eigenvalue weighted by molar-refractivity contribution is 7.84. The first-order chi connectivity index (χ1) is 9.65. The highest BCUT2D eigenvalue weighted by atomic mass is 32.2. The third kappa shape index (κ3) is 6.68. The number of benzene rings is 1. The zero-order valence-corrected chi connectivity index (χ0v) is 12.8. The first kappa shape index (κ1) is 16.7. The Kier molecular flexibility index (Phi) is 7.91. The molecular weight excluding hydrogens is 276 g/mol. The van der Waals surface area contributed by atoms with Crippen molar-refractivity contribution in [3.8, 4) is 0 Å². The summed E-state index contributed by atoms with van der Waals surface area (Å²) in [7, 11) is 0.644.